The molecule has 1 amide bonds. The van der Waals surface area contributed by atoms with Gasteiger partial charge in [0.05, 0.1) is 13.7 Å². The summed E-state index contributed by atoms with van der Waals surface area (Å²) in [4.78, 5) is 10.4. The quantitative estimate of drug-likeness (QED) is 0.591. The molecule has 0 aliphatic carbocycles. The van der Waals surface area contributed by atoms with Gasteiger partial charge in [0.25, 0.3) is 0 Å². The minimum atomic E-state index is -0.456. The zero-order chi connectivity index (χ0) is 13.9. The molecular weight excluding hydrogens is 248 g/mol. The molecule has 0 aliphatic rings. The van der Waals surface area contributed by atoms with Crippen molar-refractivity contribution in [3.05, 3.63) is 24.3 Å². The highest BCUT2D eigenvalue weighted by Crippen LogP contribution is 2.16. The number of carbonyl (C=O) groups is 1. The summed E-state index contributed by atoms with van der Waals surface area (Å²) in [6, 6.07) is 7.41. The van der Waals surface area contributed by atoms with Gasteiger partial charge in [-0.1, -0.05) is 0 Å². The van der Waals surface area contributed by atoms with Gasteiger partial charge in [0.2, 0.25) is 5.91 Å². The maximum Gasteiger partial charge on any atom is 0.243 e. The first-order chi connectivity index (χ1) is 9.22. The fourth-order valence-corrected chi connectivity index (χ4v) is 1.36. The van der Waals surface area contributed by atoms with E-state index in [1.54, 1.807) is 7.11 Å². The van der Waals surface area contributed by atoms with E-state index in [1.807, 2.05) is 24.3 Å². The van der Waals surface area contributed by atoms with Crippen LogP contribution in [0.15, 0.2) is 24.3 Å². The standard InChI is InChI=1S/C13H20N2O4/c1-17-11-2-4-12(5-3-11)19-9-7-15-6-8-18-10-13(14)16/h2-5,15H,6-10H2,1H3,(H2,14,16). The second-order valence-electron chi connectivity index (χ2n) is 3.79. The Morgan fingerprint density at radius 3 is 2.42 bits per heavy atom. The second-order valence-corrected chi connectivity index (χ2v) is 3.79. The first kappa shape index (κ1) is 15.3. The van der Waals surface area contributed by atoms with Gasteiger partial charge >= 0.3 is 0 Å². The van der Waals surface area contributed by atoms with Crippen molar-refractivity contribution in [2.75, 3.05) is 40.0 Å². The van der Waals surface area contributed by atoms with Gasteiger partial charge in [-0.25, -0.2) is 0 Å². The van der Waals surface area contributed by atoms with E-state index in [0.717, 1.165) is 11.5 Å². The average molecular weight is 268 g/mol. The second kappa shape index (κ2) is 9.18. The Morgan fingerprint density at radius 2 is 1.79 bits per heavy atom. The van der Waals surface area contributed by atoms with Crippen LogP contribution in [0.1, 0.15) is 0 Å². The van der Waals surface area contributed by atoms with Gasteiger partial charge in [0.1, 0.15) is 24.7 Å². The van der Waals surface area contributed by atoms with Crippen molar-refractivity contribution in [3.8, 4) is 11.5 Å². The third-order valence-corrected chi connectivity index (χ3v) is 2.27. The number of amides is 1. The van der Waals surface area contributed by atoms with E-state index in [-0.39, 0.29) is 6.61 Å². The topological polar surface area (TPSA) is 82.8 Å². The monoisotopic (exact) mass is 268 g/mol. The molecule has 0 atom stereocenters. The fraction of sp³-hybridized carbons (Fsp3) is 0.462. The largest absolute Gasteiger partial charge is 0.497 e. The number of ether oxygens (including phenoxy) is 3. The van der Waals surface area contributed by atoms with E-state index < -0.39 is 5.91 Å². The first-order valence-electron chi connectivity index (χ1n) is 6.06. The van der Waals surface area contributed by atoms with E-state index >= 15 is 0 Å². The number of nitrogens with one attached hydrogen (secondary N) is 1. The van der Waals surface area contributed by atoms with Crippen LogP contribution in [-0.4, -0.2) is 45.9 Å². The van der Waals surface area contributed by atoms with Crippen molar-refractivity contribution in [1.82, 2.24) is 5.32 Å². The Hall–Kier alpha value is -1.79. The summed E-state index contributed by atoms with van der Waals surface area (Å²) in [6.07, 6.45) is 0. The lowest BCUT2D eigenvalue weighted by atomic mass is 10.3. The highest BCUT2D eigenvalue weighted by Gasteiger charge is 1.96. The van der Waals surface area contributed by atoms with Gasteiger partial charge in [-0.2, -0.15) is 0 Å². The number of nitrogens with two attached hydrogens (primary N) is 1. The summed E-state index contributed by atoms with van der Waals surface area (Å²) in [7, 11) is 1.63. The maximum absolute atomic E-state index is 10.4. The summed E-state index contributed by atoms with van der Waals surface area (Å²) in [5.74, 6) is 1.15. The van der Waals surface area contributed by atoms with E-state index in [1.165, 1.54) is 0 Å². The summed E-state index contributed by atoms with van der Waals surface area (Å²) in [6.45, 7) is 2.32. The van der Waals surface area contributed by atoms with Crippen LogP contribution in [0.5, 0.6) is 11.5 Å². The molecule has 0 bridgehead atoms. The van der Waals surface area contributed by atoms with Crippen molar-refractivity contribution in [3.63, 3.8) is 0 Å². The highest BCUT2D eigenvalue weighted by molar-refractivity contribution is 5.74. The number of methoxy groups -OCH3 is 1. The van der Waals surface area contributed by atoms with E-state index in [2.05, 4.69) is 5.32 Å². The third-order valence-electron chi connectivity index (χ3n) is 2.27. The van der Waals surface area contributed by atoms with Crippen molar-refractivity contribution in [2.45, 2.75) is 0 Å². The predicted octanol–water partition coefficient (Wildman–Crippen LogP) is 0.166. The zero-order valence-corrected chi connectivity index (χ0v) is 11.1. The van der Waals surface area contributed by atoms with E-state index in [4.69, 9.17) is 19.9 Å². The lowest BCUT2D eigenvalue weighted by Crippen LogP contribution is -2.27. The van der Waals surface area contributed by atoms with Crippen LogP contribution in [0.4, 0.5) is 0 Å². The van der Waals surface area contributed by atoms with Crippen LogP contribution >= 0.6 is 0 Å². The molecular formula is C13H20N2O4. The molecule has 3 N–H and O–H groups in total. The molecule has 106 valence electrons. The molecule has 1 aromatic rings. The molecule has 6 nitrogen and oxygen atoms in total. The normalized spacial score (nSPS) is 10.2. The Kier molecular flexibility index (Phi) is 7.38. The van der Waals surface area contributed by atoms with Crippen molar-refractivity contribution < 1.29 is 19.0 Å². The van der Waals surface area contributed by atoms with Gasteiger partial charge < -0.3 is 25.3 Å². The highest BCUT2D eigenvalue weighted by atomic mass is 16.5. The Labute approximate surface area is 112 Å². The number of benzene rings is 1. The molecule has 1 aromatic carbocycles. The Balaban J connectivity index is 1.99. The summed E-state index contributed by atoms with van der Waals surface area (Å²) in [5.41, 5.74) is 4.93. The van der Waals surface area contributed by atoms with Crippen LogP contribution in [0.3, 0.4) is 0 Å². The Morgan fingerprint density at radius 1 is 1.16 bits per heavy atom. The number of hydrogen-bond donors (Lipinski definition) is 2. The van der Waals surface area contributed by atoms with Gasteiger partial charge in [-0.05, 0) is 24.3 Å². The molecule has 0 radical (unpaired) electrons. The molecule has 0 aromatic heterocycles. The number of carbonyl (C=O) groups excluding carboxylic acids is 1. The molecule has 6 heteroatoms. The van der Waals surface area contributed by atoms with E-state index in [9.17, 15) is 4.79 Å². The van der Waals surface area contributed by atoms with Gasteiger partial charge in [0.15, 0.2) is 0 Å². The van der Waals surface area contributed by atoms with Crippen molar-refractivity contribution in [2.24, 2.45) is 5.73 Å². The first-order valence-corrected chi connectivity index (χ1v) is 6.06. The minimum Gasteiger partial charge on any atom is -0.497 e. The van der Waals surface area contributed by atoms with Crippen molar-refractivity contribution >= 4 is 5.91 Å². The number of primary amides is 1. The molecule has 0 fully saturated rings. The van der Waals surface area contributed by atoms with Crippen LogP contribution < -0.4 is 20.5 Å². The molecule has 0 saturated heterocycles. The van der Waals surface area contributed by atoms with Crippen molar-refractivity contribution in [1.29, 1.82) is 0 Å². The van der Waals surface area contributed by atoms with Gasteiger partial charge in [-0.3, -0.25) is 4.79 Å². The maximum atomic E-state index is 10.4. The molecule has 19 heavy (non-hydrogen) atoms. The van der Waals surface area contributed by atoms with Gasteiger partial charge in [-0.15, -0.1) is 0 Å². The summed E-state index contributed by atoms with van der Waals surface area (Å²) in [5, 5.41) is 3.13. The minimum absolute atomic E-state index is 0.0377. The average Bonchev–Trinajstić information content (AvgIpc) is 2.42. The molecule has 0 aliphatic heterocycles. The number of rotatable bonds is 10. The zero-order valence-electron chi connectivity index (χ0n) is 11.1. The smallest absolute Gasteiger partial charge is 0.243 e. The SMILES string of the molecule is COc1ccc(OCCNCCOCC(N)=O)cc1. The van der Waals surface area contributed by atoms with Crippen LogP contribution in [0.2, 0.25) is 0 Å². The molecule has 0 spiro atoms. The predicted molar refractivity (Wildman–Crippen MR) is 71.4 cm³/mol. The summed E-state index contributed by atoms with van der Waals surface area (Å²) >= 11 is 0. The Bertz CT molecular complexity index is 367. The molecule has 0 unspecified atom stereocenters. The van der Waals surface area contributed by atoms with Gasteiger partial charge in [0, 0.05) is 13.1 Å². The lowest BCUT2D eigenvalue weighted by molar-refractivity contribution is -0.122. The van der Waals surface area contributed by atoms with E-state index in [0.29, 0.717) is 26.3 Å². The fourth-order valence-electron chi connectivity index (χ4n) is 1.36. The lowest BCUT2D eigenvalue weighted by Gasteiger charge is -2.08. The van der Waals surface area contributed by atoms with Crippen LogP contribution in [-0.2, 0) is 9.53 Å². The van der Waals surface area contributed by atoms with Crippen LogP contribution in [0, 0.1) is 0 Å². The molecule has 0 heterocycles. The van der Waals surface area contributed by atoms with Crippen LogP contribution in [0.25, 0.3) is 0 Å². The molecule has 1 rings (SSSR count). The third kappa shape index (κ3) is 7.28. The number of hydrogen-bond acceptors (Lipinski definition) is 5. The summed E-state index contributed by atoms with van der Waals surface area (Å²) < 4.78 is 15.6. The molecule has 0 saturated carbocycles.